The minimum Gasteiger partial charge on any atom is -0.485 e. The van der Waals surface area contributed by atoms with E-state index >= 15 is 0 Å². The number of benzene rings is 2. The molecule has 0 radical (unpaired) electrons. The van der Waals surface area contributed by atoms with Gasteiger partial charge in [-0.05, 0) is 48.4 Å². The van der Waals surface area contributed by atoms with Crippen LogP contribution in [0.1, 0.15) is 68.2 Å². The molecule has 1 atom stereocenters. The van der Waals surface area contributed by atoms with Crippen LogP contribution in [0.4, 0.5) is 0 Å². The van der Waals surface area contributed by atoms with E-state index in [2.05, 4.69) is 55.5 Å². The summed E-state index contributed by atoms with van der Waals surface area (Å²) in [6, 6.07) is 17.5. The average molecular weight is 308 g/mol. The summed E-state index contributed by atoms with van der Waals surface area (Å²) in [6.45, 7) is 2.27. The highest BCUT2D eigenvalue weighted by atomic mass is 16.5. The van der Waals surface area contributed by atoms with Gasteiger partial charge in [0.1, 0.15) is 11.9 Å². The lowest BCUT2D eigenvalue weighted by molar-refractivity contribution is 0.176. The molecule has 0 N–H and O–H groups in total. The second-order valence-corrected chi connectivity index (χ2v) is 6.66. The molecule has 0 fully saturated rings. The van der Waals surface area contributed by atoms with E-state index in [0.29, 0.717) is 0 Å². The van der Waals surface area contributed by atoms with E-state index in [0.717, 1.165) is 18.6 Å². The van der Waals surface area contributed by atoms with Crippen LogP contribution in [-0.4, -0.2) is 0 Å². The summed E-state index contributed by atoms with van der Waals surface area (Å²) in [4.78, 5) is 0. The molecular formula is C22H28O. The molecule has 0 spiro atoms. The lowest BCUT2D eigenvalue weighted by Gasteiger charge is -2.26. The maximum absolute atomic E-state index is 6.18. The van der Waals surface area contributed by atoms with Gasteiger partial charge in [0.25, 0.3) is 0 Å². The third-order valence-electron chi connectivity index (χ3n) is 4.84. The predicted octanol–water partition coefficient (Wildman–Crippen LogP) is 6.27. The van der Waals surface area contributed by atoms with Gasteiger partial charge in [0.15, 0.2) is 0 Å². The Morgan fingerprint density at radius 2 is 1.70 bits per heavy atom. The third-order valence-corrected chi connectivity index (χ3v) is 4.84. The molecule has 3 rings (SSSR count). The van der Waals surface area contributed by atoms with Gasteiger partial charge in [-0.3, -0.25) is 0 Å². The minimum atomic E-state index is 0.212. The number of ether oxygens (including phenoxy) is 1. The van der Waals surface area contributed by atoms with Crippen molar-refractivity contribution < 1.29 is 4.74 Å². The molecule has 0 aromatic heterocycles. The summed E-state index contributed by atoms with van der Waals surface area (Å²) in [5.74, 6) is 1.06. The Morgan fingerprint density at radius 3 is 2.52 bits per heavy atom. The van der Waals surface area contributed by atoms with Crippen LogP contribution in [0.3, 0.4) is 0 Å². The van der Waals surface area contributed by atoms with Gasteiger partial charge >= 0.3 is 0 Å². The van der Waals surface area contributed by atoms with Crippen molar-refractivity contribution in [2.24, 2.45) is 0 Å². The molecule has 1 aliphatic heterocycles. The SMILES string of the molecule is CCCCCCCc1ccc(C2CCc3ccccc3O2)cc1. The molecule has 0 aliphatic carbocycles. The maximum atomic E-state index is 6.18. The third kappa shape index (κ3) is 4.37. The van der Waals surface area contributed by atoms with Crippen LogP contribution in [0.2, 0.25) is 0 Å². The van der Waals surface area contributed by atoms with Crippen molar-refractivity contribution in [2.45, 2.75) is 64.4 Å². The number of hydrogen-bond acceptors (Lipinski definition) is 1. The molecule has 122 valence electrons. The van der Waals surface area contributed by atoms with Crippen LogP contribution in [-0.2, 0) is 12.8 Å². The van der Waals surface area contributed by atoms with E-state index < -0.39 is 0 Å². The molecule has 1 nitrogen and oxygen atoms in total. The fourth-order valence-corrected chi connectivity index (χ4v) is 3.39. The van der Waals surface area contributed by atoms with E-state index in [1.165, 1.54) is 55.2 Å². The Morgan fingerprint density at radius 1 is 0.913 bits per heavy atom. The van der Waals surface area contributed by atoms with E-state index in [9.17, 15) is 0 Å². The first-order valence-electron chi connectivity index (χ1n) is 9.20. The van der Waals surface area contributed by atoms with Crippen molar-refractivity contribution in [1.82, 2.24) is 0 Å². The van der Waals surface area contributed by atoms with Crippen molar-refractivity contribution in [1.29, 1.82) is 0 Å². The monoisotopic (exact) mass is 308 g/mol. The largest absolute Gasteiger partial charge is 0.485 e. The molecule has 1 heterocycles. The lowest BCUT2D eigenvalue weighted by Crippen LogP contribution is -2.14. The number of unbranched alkanes of at least 4 members (excludes halogenated alkanes) is 4. The first-order chi connectivity index (χ1) is 11.4. The molecule has 0 saturated carbocycles. The second kappa shape index (κ2) is 8.19. The zero-order valence-electron chi connectivity index (χ0n) is 14.3. The highest BCUT2D eigenvalue weighted by molar-refractivity contribution is 5.37. The first-order valence-corrected chi connectivity index (χ1v) is 9.20. The van der Waals surface area contributed by atoms with Crippen molar-refractivity contribution >= 4 is 0 Å². The average Bonchev–Trinajstić information content (AvgIpc) is 2.62. The maximum Gasteiger partial charge on any atom is 0.124 e. The molecule has 1 unspecified atom stereocenters. The Hall–Kier alpha value is -1.76. The molecule has 23 heavy (non-hydrogen) atoms. The fraction of sp³-hybridized carbons (Fsp3) is 0.455. The van der Waals surface area contributed by atoms with Crippen LogP contribution >= 0.6 is 0 Å². The van der Waals surface area contributed by atoms with Gasteiger partial charge in [-0.2, -0.15) is 0 Å². The molecule has 1 heteroatoms. The van der Waals surface area contributed by atoms with E-state index in [1.54, 1.807) is 0 Å². The number of para-hydroxylation sites is 1. The summed E-state index contributed by atoms with van der Waals surface area (Å²) in [6.07, 6.45) is 10.3. The smallest absolute Gasteiger partial charge is 0.124 e. The molecular weight excluding hydrogens is 280 g/mol. The van der Waals surface area contributed by atoms with Gasteiger partial charge in [-0.25, -0.2) is 0 Å². The zero-order valence-corrected chi connectivity index (χ0v) is 14.3. The van der Waals surface area contributed by atoms with Gasteiger partial charge < -0.3 is 4.74 Å². The predicted molar refractivity (Wildman–Crippen MR) is 97.0 cm³/mol. The molecule has 1 aliphatic rings. The van der Waals surface area contributed by atoms with Crippen LogP contribution in [0.5, 0.6) is 5.75 Å². The molecule has 0 saturated heterocycles. The van der Waals surface area contributed by atoms with E-state index in [1.807, 2.05) is 0 Å². The Kier molecular flexibility index (Phi) is 5.74. The van der Waals surface area contributed by atoms with Gasteiger partial charge in [0.05, 0.1) is 0 Å². The lowest BCUT2D eigenvalue weighted by atomic mass is 9.96. The standard InChI is InChI=1S/C22H28O/c1-2-3-4-5-6-9-18-12-14-20(15-13-18)22-17-16-19-10-7-8-11-21(19)23-22/h7-8,10-15,22H,2-6,9,16-17H2,1H3. The van der Waals surface area contributed by atoms with Crippen LogP contribution in [0, 0.1) is 0 Å². The minimum absolute atomic E-state index is 0.212. The van der Waals surface area contributed by atoms with Crippen LogP contribution < -0.4 is 4.74 Å². The van der Waals surface area contributed by atoms with Gasteiger partial charge in [-0.15, -0.1) is 0 Å². The molecule has 0 bridgehead atoms. The number of aryl methyl sites for hydroxylation is 2. The van der Waals surface area contributed by atoms with Crippen molar-refractivity contribution in [3.8, 4) is 5.75 Å². The highest BCUT2D eigenvalue weighted by Gasteiger charge is 2.20. The van der Waals surface area contributed by atoms with Crippen molar-refractivity contribution in [3.05, 3.63) is 65.2 Å². The topological polar surface area (TPSA) is 9.23 Å². The van der Waals surface area contributed by atoms with Crippen molar-refractivity contribution in [2.75, 3.05) is 0 Å². The van der Waals surface area contributed by atoms with E-state index in [-0.39, 0.29) is 6.10 Å². The Bertz CT molecular complexity index is 600. The molecule has 2 aromatic carbocycles. The summed E-state index contributed by atoms with van der Waals surface area (Å²) >= 11 is 0. The number of rotatable bonds is 7. The number of fused-ring (bicyclic) bond motifs is 1. The quantitative estimate of drug-likeness (QED) is 0.548. The zero-order chi connectivity index (χ0) is 15.9. The molecule has 2 aromatic rings. The summed E-state index contributed by atoms with van der Waals surface area (Å²) in [5, 5.41) is 0. The Balaban J connectivity index is 1.54. The molecule has 0 amide bonds. The van der Waals surface area contributed by atoms with Crippen molar-refractivity contribution in [3.63, 3.8) is 0 Å². The van der Waals surface area contributed by atoms with Gasteiger partial charge in [0.2, 0.25) is 0 Å². The first kappa shape index (κ1) is 16.1. The van der Waals surface area contributed by atoms with E-state index in [4.69, 9.17) is 4.74 Å². The number of hydrogen-bond donors (Lipinski definition) is 0. The van der Waals surface area contributed by atoms with Gasteiger partial charge in [0, 0.05) is 0 Å². The highest BCUT2D eigenvalue weighted by Crippen LogP contribution is 2.34. The normalized spacial score (nSPS) is 16.7. The fourth-order valence-electron chi connectivity index (χ4n) is 3.39. The summed E-state index contributed by atoms with van der Waals surface area (Å²) < 4.78 is 6.18. The van der Waals surface area contributed by atoms with Gasteiger partial charge in [-0.1, -0.05) is 75.1 Å². The summed E-state index contributed by atoms with van der Waals surface area (Å²) in [5.41, 5.74) is 4.11. The Labute approximate surface area is 140 Å². The van der Waals surface area contributed by atoms with Crippen LogP contribution in [0.15, 0.2) is 48.5 Å². The summed E-state index contributed by atoms with van der Waals surface area (Å²) in [7, 11) is 0. The second-order valence-electron chi connectivity index (χ2n) is 6.66. The van der Waals surface area contributed by atoms with Crippen LogP contribution in [0.25, 0.3) is 0 Å².